The molecule has 2 N–H and O–H groups in total. The number of nitrogens with one attached hydrogen (secondary N) is 2. The Morgan fingerprint density at radius 2 is 1.92 bits per heavy atom. The lowest BCUT2D eigenvalue weighted by Gasteiger charge is -2.34. The van der Waals surface area contributed by atoms with Crippen LogP contribution in [0.3, 0.4) is 0 Å². The number of carbonyl (C=O) groups is 1. The highest BCUT2D eigenvalue weighted by Crippen LogP contribution is 2.43. The van der Waals surface area contributed by atoms with E-state index in [9.17, 15) is 4.79 Å². The number of aryl methyl sites for hydroxylation is 1. The van der Waals surface area contributed by atoms with Crippen LogP contribution in [-0.2, 0) is 6.42 Å². The van der Waals surface area contributed by atoms with Crippen LogP contribution in [0.15, 0.2) is 46.4 Å². The summed E-state index contributed by atoms with van der Waals surface area (Å²) in [5.74, 6) is 1.27. The molecular weight excluding hydrogens is 396 g/mol. The summed E-state index contributed by atoms with van der Waals surface area (Å²) in [6, 6.07) is 11.7. The highest BCUT2D eigenvalue weighted by atomic mass is 79.9. The van der Waals surface area contributed by atoms with Gasteiger partial charge >= 0.3 is 6.03 Å². The van der Waals surface area contributed by atoms with E-state index in [1.807, 2.05) is 24.3 Å². The van der Waals surface area contributed by atoms with Crippen molar-refractivity contribution in [3.05, 3.63) is 63.1 Å². The van der Waals surface area contributed by atoms with E-state index in [-0.39, 0.29) is 12.1 Å². The molecule has 0 radical (unpaired) electrons. The number of carbonyl (C=O) groups excluding carboxylic acids is 1. The van der Waals surface area contributed by atoms with Crippen molar-refractivity contribution in [1.82, 2.24) is 10.6 Å². The maximum Gasteiger partial charge on any atom is 0.319 e. The lowest BCUT2D eigenvalue weighted by atomic mass is 9.83. The third-order valence-electron chi connectivity index (χ3n) is 4.92. The number of ether oxygens (including phenoxy) is 2. The summed E-state index contributed by atoms with van der Waals surface area (Å²) in [4.78, 5) is 12.3. The summed E-state index contributed by atoms with van der Waals surface area (Å²) in [5, 5.41) is 6.06. The van der Waals surface area contributed by atoms with Crippen molar-refractivity contribution in [3.63, 3.8) is 0 Å². The molecule has 2 aromatic rings. The maximum atomic E-state index is 12.3. The highest BCUT2D eigenvalue weighted by Gasteiger charge is 2.32. The van der Waals surface area contributed by atoms with Crippen LogP contribution in [0.5, 0.6) is 11.5 Å². The molecule has 0 aromatic heterocycles. The zero-order valence-electron chi connectivity index (χ0n) is 14.6. The van der Waals surface area contributed by atoms with Crippen molar-refractivity contribution in [3.8, 4) is 11.5 Å². The number of rotatable bonds is 3. The van der Waals surface area contributed by atoms with Crippen LogP contribution in [0, 0.1) is 0 Å². The second-order valence-electron chi connectivity index (χ2n) is 6.33. The molecule has 4 rings (SSSR count). The van der Waals surface area contributed by atoms with E-state index in [2.05, 4.69) is 38.7 Å². The smallest absolute Gasteiger partial charge is 0.319 e. The van der Waals surface area contributed by atoms with Gasteiger partial charge in [0.1, 0.15) is 0 Å². The molecule has 2 aliphatic rings. The standard InChI is InChI=1S/C20H19BrN2O3/c1-25-16-10-12(9-15(21)19(16)26-2)17-14-8-7-11-5-3-4-6-13(11)18(14)23-20(24)22-17/h3-6,9-10,17H,7-8H2,1-2H3,(H2,22,23,24). The number of hydrogen-bond acceptors (Lipinski definition) is 3. The van der Waals surface area contributed by atoms with Gasteiger partial charge in [-0.3, -0.25) is 0 Å². The summed E-state index contributed by atoms with van der Waals surface area (Å²) >= 11 is 3.55. The monoisotopic (exact) mass is 414 g/mol. The fourth-order valence-electron chi connectivity index (χ4n) is 3.74. The minimum absolute atomic E-state index is 0.198. The van der Waals surface area contributed by atoms with E-state index in [4.69, 9.17) is 9.47 Å². The SMILES string of the molecule is COc1cc(C2NC(=O)NC3=C2CCc2ccccc23)cc(Br)c1OC. The Morgan fingerprint density at radius 3 is 2.69 bits per heavy atom. The van der Waals surface area contributed by atoms with Gasteiger partial charge in [0, 0.05) is 5.56 Å². The molecule has 0 spiro atoms. The van der Waals surface area contributed by atoms with Gasteiger partial charge in [0.05, 0.1) is 30.4 Å². The zero-order chi connectivity index (χ0) is 18.3. The fourth-order valence-corrected chi connectivity index (χ4v) is 4.36. The number of halogens is 1. The van der Waals surface area contributed by atoms with Crippen LogP contribution in [0.2, 0.25) is 0 Å². The average molecular weight is 415 g/mol. The minimum Gasteiger partial charge on any atom is -0.493 e. The van der Waals surface area contributed by atoms with Crippen molar-refractivity contribution in [2.24, 2.45) is 0 Å². The second-order valence-corrected chi connectivity index (χ2v) is 7.18. The van der Waals surface area contributed by atoms with Gasteiger partial charge in [-0.1, -0.05) is 24.3 Å². The summed E-state index contributed by atoms with van der Waals surface area (Å²) in [5.41, 5.74) is 5.43. The van der Waals surface area contributed by atoms with Crippen LogP contribution in [0.25, 0.3) is 5.70 Å². The fraction of sp³-hybridized carbons (Fsp3) is 0.250. The van der Waals surface area contributed by atoms with Gasteiger partial charge in [0.25, 0.3) is 0 Å². The van der Waals surface area contributed by atoms with E-state index < -0.39 is 0 Å². The molecule has 1 unspecified atom stereocenters. The lowest BCUT2D eigenvalue weighted by Crippen LogP contribution is -2.44. The Morgan fingerprint density at radius 1 is 1.12 bits per heavy atom. The first-order chi connectivity index (χ1) is 12.6. The quantitative estimate of drug-likeness (QED) is 0.791. The van der Waals surface area contributed by atoms with Gasteiger partial charge in [0.2, 0.25) is 0 Å². The Hall–Kier alpha value is -2.47. The molecule has 0 saturated heterocycles. The number of fused-ring (bicyclic) bond motifs is 2. The van der Waals surface area contributed by atoms with Crippen molar-refractivity contribution >= 4 is 27.7 Å². The predicted octanol–water partition coefficient (Wildman–Crippen LogP) is 4.18. The van der Waals surface area contributed by atoms with Gasteiger partial charge in [-0.05, 0) is 57.6 Å². The van der Waals surface area contributed by atoms with Gasteiger partial charge in [-0.25, -0.2) is 4.79 Å². The molecule has 1 atom stereocenters. The second kappa shape index (κ2) is 6.68. The Bertz CT molecular complexity index is 923. The number of amides is 2. The van der Waals surface area contributed by atoms with Gasteiger partial charge in [-0.2, -0.15) is 0 Å². The van der Waals surface area contributed by atoms with Crippen molar-refractivity contribution in [1.29, 1.82) is 0 Å². The number of hydrogen-bond donors (Lipinski definition) is 2. The minimum atomic E-state index is -0.205. The molecule has 134 valence electrons. The van der Waals surface area contributed by atoms with Crippen molar-refractivity contribution in [2.75, 3.05) is 14.2 Å². The predicted molar refractivity (Wildman–Crippen MR) is 103 cm³/mol. The van der Waals surface area contributed by atoms with Crippen LogP contribution >= 0.6 is 15.9 Å². The number of methoxy groups -OCH3 is 2. The van der Waals surface area contributed by atoms with E-state index >= 15 is 0 Å². The Labute approximate surface area is 160 Å². The van der Waals surface area contributed by atoms with Crippen LogP contribution in [0.1, 0.15) is 29.2 Å². The van der Waals surface area contributed by atoms with Crippen molar-refractivity contribution < 1.29 is 14.3 Å². The molecule has 0 bridgehead atoms. The summed E-state index contributed by atoms with van der Waals surface area (Å²) in [7, 11) is 3.21. The third-order valence-corrected chi connectivity index (χ3v) is 5.51. The molecule has 1 aliphatic carbocycles. The summed E-state index contributed by atoms with van der Waals surface area (Å²) in [6.07, 6.45) is 1.84. The Balaban J connectivity index is 1.85. The molecule has 26 heavy (non-hydrogen) atoms. The molecule has 2 aromatic carbocycles. The number of urea groups is 1. The first-order valence-corrected chi connectivity index (χ1v) is 9.22. The molecule has 1 aliphatic heterocycles. The first kappa shape index (κ1) is 17.0. The maximum absolute atomic E-state index is 12.3. The number of benzene rings is 2. The molecular formula is C20H19BrN2O3. The van der Waals surface area contributed by atoms with E-state index in [0.29, 0.717) is 11.5 Å². The van der Waals surface area contributed by atoms with E-state index in [1.54, 1.807) is 14.2 Å². The van der Waals surface area contributed by atoms with Crippen molar-refractivity contribution in [2.45, 2.75) is 18.9 Å². The largest absolute Gasteiger partial charge is 0.493 e. The van der Waals surface area contributed by atoms with E-state index in [1.165, 1.54) is 11.1 Å². The highest BCUT2D eigenvalue weighted by molar-refractivity contribution is 9.10. The van der Waals surface area contributed by atoms with Gasteiger partial charge in [-0.15, -0.1) is 0 Å². The topological polar surface area (TPSA) is 59.6 Å². The molecule has 6 heteroatoms. The van der Waals surface area contributed by atoms with Crippen LogP contribution in [-0.4, -0.2) is 20.3 Å². The van der Waals surface area contributed by atoms with Gasteiger partial charge < -0.3 is 20.1 Å². The first-order valence-electron chi connectivity index (χ1n) is 8.42. The molecule has 0 fully saturated rings. The van der Waals surface area contributed by atoms with Crippen LogP contribution in [0.4, 0.5) is 4.79 Å². The lowest BCUT2D eigenvalue weighted by molar-refractivity contribution is 0.240. The summed E-state index contributed by atoms with van der Waals surface area (Å²) < 4.78 is 11.7. The average Bonchev–Trinajstić information content (AvgIpc) is 2.66. The third kappa shape index (κ3) is 2.74. The molecule has 5 nitrogen and oxygen atoms in total. The summed E-state index contributed by atoms with van der Waals surface area (Å²) in [6.45, 7) is 0. The van der Waals surface area contributed by atoms with Gasteiger partial charge in [0.15, 0.2) is 11.5 Å². The van der Waals surface area contributed by atoms with E-state index in [0.717, 1.165) is 34.1 Å². The van der Waals surface area contributed by atoms with Crippen LogP contribution < -0.4 is 20.1 Å². The molecule has 1 heterocycles. The normalized spacial score (nSPS) is 18.4. The Kier molecular flexibility index (Phi) is 4.36. The zero-order valence-corrected chi connectivity index (χ0v) is 16.1. The molecule has 2 amide bonds. The molecule has 0 saturated carbocycles.